The molecule has 0 atom stereocenters. The molecule has 2 aromatic rings. The molecule has 0 unspecified atom stereocenters. The van der Waals surface area contributed by atoms with Gasteiger partial charge in [-0.2, -0.15) is 0 Å². The molecular formula is C15H14ClF2N3O. The van der Waals surface area contributed by atoms with Gasteiger partial charge >= 0.3 is 0 Å². The van der Waals surface area contributed by atoms with E-state index in [-0.39, 0.29) is 28.1 Å². The van der Waals surface area contributed by atoms with E-state index >= 15 is 0 Å². The first-order chi connectivity index (χ1) is 10.4. The molecule has 22 heavy (non-hydrogen) atoms. The normalized spacial score (nSPS) is 10.6. The van der Waals surface area contributed by atoms with Gasteiger partial charge in [0.05, 0.1) is 22.5 Å². The van der Waals surface area contributed by atoms with Crippen molar-refractivity contribution >= 4 is 29.0 Å². The van der Waals surface area contributed by atoms with Gasteiger partial charge in [0.15, 0.2) is 0 Å². The minimum atomic E-state index is -0.706. The van der Waals surface area contributed by atoms with Crippen LogP contribution in [0.3, 0.4) is 0 Å². The van der Waals surface area contributed by atoms with Crippen molar-refractivity contribution in [3.8, 4) is 0 Å². The summed E-state index contributed by atoms with van der Waals surface area (Å²) in [5, 5.41) is 5.33. The van der Waals surface area contributed by atoms with Gasteiger partial charge in [-0.3, -0.25) is 4.79 Å². The molecule has 0 aliphatic rings. The number of benzene rings is 1. The number of rotatable bonds is 4. The number of pyridine rings is 1. The largest absolute Gasteiger partial charge is 0.367 e. The van der Waals surface area contributed by atoms with Crippen LogP contribution in [0.5, 0.6) is 0 Å². The second-order valence-electron chi connectivity index (χ2n) is 4.90. The average molecular weight is 326 g/mol. The van der Waals surface area contributed by atoms with E-state index in [2.05, 4.69) is 15.6 Å². The minimum absolute atomic E-state index is 0.0124. The lowest BCUT2D eigenvalue weighted by molar-refractivity contribution is 0.102. The number of amides is 1. The van der Waals surface area contributed by atoms with Crippen LogP contribution in [-0.4, -0.2) is 16.9 Å². The van der Waals surface area contributed by atoms with Crippen LogP contribution in [0, 0.1) is 11.6 Å². The highest BCUT2D eigenvalue weighted by Gasteiger charge is 2.18. The molecule has 0 aliphatic carbocycles. The molecule has 2 N–H and O–H groups in total. The number of hydrogen-bond acceptors (Lipinski definition) is 3. The molecule has 0 fully saturated rings. The van der Waals surface area contributed by atoms with Gasteiger partial charge < -0.3 is 10.6 Å². The first kappa shape index (κ1) is 16.2. The van der Waals surface area contributed by atoms with E-state index in [0.717, 1.165) is 12.3 Å². The SMILES string of the molecule is CC(C)Nc1ncc(F)cc1C(=O)Nc1c(F)cccc1Cl. The Bertz CT molecular complexity index is 687. The maximum absolute atomic E-state index is 13.7. The Morgan fingerprint density at radius 1 is 1.32 bits per heavy atom. The Balaban J connectivity index is 2.35. The first-order valence-corrected chi connectivity index (χ1v) is 6.93. The summed E-state index contributed by atoms with van der Waals surface area (Å²) in [6.45, 7) is 3.70. The molecule has 0 saturated heterocycles. The highest BCUT2D eigenvalue weighted by molar-refractivity contribution is 6.34. The maximum Gasteiger partial charge on any atom is 0.259 e. The lowest BCUT2D eigenvalue weighted by atomic mass is 10.2. The van der Waals surface area contributed by atoms with Crippen LogP contribution in [-0.2, 0) is 0 Å². The summed E-state index contributed by atoms with van der Waals surface area (Å²) >= 11 is 5.86. The van der Waals surface area contributed by atoms with Crippen LogP contribution in [0.1, 0.15) is 24.2 Å². The van der Waals surface area contributed by atoms with Gasteiger partial charge in [-0.05, 0) is 32.0 Å². The zero-order valence-electron chi connectivity index (χ0n) is 12.0. The summed E-state index contributed by atoms with van der Waals surface area (Å²) in [7, 11) is 0. The second-order valence-corrected chi connectivity index (χ2v) is 5.31. The molecule has 0 radical (unpaired) electrons. The summed E-state index contributed by atoms with van der Waals surface area (Å²) in [5.41, 5.74) is -0.193. The number of halogens is 3. The molecule has 1 amide bonds. The van der Waals surface area contributed by atoms with E-state index in [4.69, 9.17) is 11.6 Å². The number of para-hydroxylation sites is 1. The summed E-state index contributed by atoms with van der Waals surface area (Å²) in [5.74, 6) is -1.84. The molecule has 4 nitrogen and oxygen atoms in total. The van der Waals surface area contributed by atoms with Gasteiger partial charge in [-0.15, -0.1) is 0 Å². The quantitative estimate of drug-likeness (QED) is 0.890. The molecule has 1 aromatic carbocycles. The number of hydrogen-bond donors (Lipinski definition) is 2. The minimum Gasteiger partial charge on any atom is -0.367 e. The molecule has 1 heterocycles. The molecule has 1 aromatic heterocycles. The summed E-state index contributed by atoms with van der Waals surface area (Å²) in [6.07, 6.45) is 0.998. The predicted octanol–water partition coefficient (Wildman–Crippen LogP) is 4.09. The molecular weight excluding hydrogens is 312 g/mol. The number of aromatic nitrogens is 1. The van der Waals surface area contributed by atoms with E-state index in [1.807, 2.05) is 13.8 Å². The standard InChI is InChI=1S/C15H14ClF2N3O/c1-8(2)20-14-10(6-9(17)7-19-14)15(22)21-13-11(16)4-3-5-12(13)18/h3-8H,1-2H3,(H,19,20)(H,21,22). The van der Waals surface area contributed by atoms with Crippen LogP contribution in [0.15, 0.2) is 30.5 Å². The Labute approximate surface area is 131 Å². The number of nitrogens with one attached hydrogen (secondary N) is 2. The van der Waals surface area contributed by atoms with Gasteiger partial charge in [-0.1, -0.05) is 17.7 Å². The Morgan fingerprint density at radius 2 is 2.05 bits per heavy atom. The maximum atomic E-state index is 13.7. The Morgan fingerprint density at radius 3 is 2.68 bits per heavy atom. The molecule has 2 rings (SSSR count). The third-order valence-corrected chi connectivity index (χ3v) is 3.04. The first-order valence-electron chi connectivity index (χ1n) is 6.56. The van der Waals surface area contributed by atoms with Crippen LogP contribution >= 0.6 is 11.6 Å². The van der Waals surface area contributed by atoms with Crippen molar-refractivity contribution in [1.29, 1.82) is 0 Å². The van der Waals surface area contributed by atoms with Crippen molar-refractivity contribution in [1.82, 2.24) is 4.98 Å². The molecule has 7 heteroatoms. The predicted molar refractivity (Wildman–Crippen MR) is 82.3 cm³/mol. The summed E-state index contributed by atoms with van der Waals surface area (Å²) in [6, 6.07) is 5.04. The Hall–Kier alpha value is -2.21. The van der Waals surface area contributed by atoms with Gasteiger partial charge in [-0.25, -0.2) is 13.8 Å². The second kappa shape index (κ2) is 6.70. The molecule has 0 spiro atoms. The molecule has 0 bridgehead atoms. The van der Waals surface area contributed by atoms with E-state index in [1.54, 1.807) is 0 Å². The fourth-order valence-electron chi connectivity index (χ4n) is 1.80. The van der Waals surface area contributed by atoms with E-state index in [0.29, 0.717) is 0 Å². The van der Waals surface area contributed by atoms with Gasteiger partial charge in [0.1, 0.15) is 17.5 Å². The van der Waals surface area contributed by atoms with Crippen molar-refractivity contribution in [2.45, 2.75) is 19.9 Å². The van der Waals surface area contributed by atoms with E-state index in [1.165, 1.54) is 18.2 Å². The highest BCUT2D eigenvalue weighted by atomic mass is 35.5. The van der Waals surface area contributed by atoms with Crippen LogP contribution in [0.2, 0.25) is 5.02 Å². The van der Waals surface area contributed by atoms with Gasteiger partial charge in [0, 0.05) is 6.04 Å². The van der Waals surface area contributed by atoms with Gasteiger partial charge in [0.25, 0.3) is 5.91 Å². The fraction of sp³-hybridized carbons (Fsp3) is 0.200. The topological polar surface area (TPSA) is 54.0 Å². The molecule has 116 valence electrons. The van der Waals surface area contributed by atoms with Crippen LogP contribution in [0.4, 0.5) is 20.3 Å². The number of anilines is 2. The fourth-order valence-corrected chi connectivity index (χ4v) is 2.01. The van der Waals surface area contributed by atoms with Crippen molar-refractivity contribution in [3.63, 3.8) is 0 Å². The van der Waals surface area contributed by atoms with Gasteiger partial charge in [0.2, 0.25) is 0 Å². The summed E-state index contributed by atoms with van der Waals surface area (Å²) in [4.78, 5) is 16.1. The molecule has 0 saturated carbocycles. The van der Waals surface area contributed by atoms with Crippen molar-refractivity contribution in [3.05, 3.63) is 52.7 Å². The van der Waals surface area contributed by atoms with Crippen molar-refractivity contribution in [2.75, 3.05) is 10.6 Å². The van der Waals surface area contributed by atoms with E-state index in [9.17, 15) is 13.6 Å². The number of carbonyl (C=O) groups excluding carboxylic acids is 1. The van der Waals surface area contributed by atoms with Crippen molar-refractivity contribution in [2.24, 2.45) is 0 Å². The zero-order valence-corrected chi connectivity index (χ0v) is 12.7. The smallest absolute Gasteiger partial charge is 0.259 e. The van der Waals surface area contributed by atoms with Crippen LogP contribution < -0.4 is 10.6 Å². The monoisotopic (exact) mass is 325 g/mol. The number of carbonyl (C=O) groups is 1. The third kappa shape index (κ3) is 3.71. The van der Waals surface area contributed by atoms with Crippen molar-refractivity contribution < 1.29 is 13.6 Å². The molecule has 0 aliphatic heterocycles. The third-order valence-electron chi connectivity index (χ3n) is 2.73. The van der Waals surface area contributed by atoms with E-state index < -0.39 is 17.5 Å². The number of nitrogens with zero attached hydrogens (tertiary/aromatic N) is 1. The zero-order chi connectivity index (χ0) is 16.3. The lowest BCUT2D eigenvalue weighted by Gasteiger charge is -2.14. The van der Waals surface area contributed by atoms with Crippen LogP contribution in [0.25, 0.3) is 0 Å². The lowest BCUT2D eigenvalue weighted by Crippen LogP contribution is -2.19. The average Bonchev–Trinajstić information content (AvgIpc) is 2.44. The highest BCUT2D eigenvalue weighted by Crippen LogP contribution is 2.26. The Kier molecular flexibility index (Phi) is 4.92. The summed E-state index contributed by atoms with van der Waals surface area (Å²) < 4.78 is 27.1.